The summed E-state index contributed by atoms with van der Waals surface area (Å²) in [4.78, 5) is 26.9. The highest BCUT2D eigenvalue weighted by atomic mass is 32.1. The highest BCUT2D eigenvalue weighted by Crippen LogP contribution is 2.37. The number of nitro benzene ring substituents is 1. The third kappa shape index (κ3) is 3.93. The Morgan fingerprint density at radius 1 is 1.42 bits per heavy atom. The Hall–Kier alpha value is -2.68. The smallest absolute Gasteiger partial charge is 0.296 e. The molecule has 0 bridgehead atoms. The van der Waals surface area contributed by atoms with Gasteiger partial charge in [-0.1, -0.05) is 20.8 Å². The van der Waals surface area contributed by atoms with Crippen molar-refractivity contribution in [1.82, 2.24) is 4.98 Å². The lowest BCUT2D eigenvalue weighted by Gasteiger charge is -2.19. The van der Waals surface area contributed by atoms with Crippen molar-refractivity contribution in [3.05, 3.63) is 38.3 Å². The van der Waals surface area contributed by atoms with Crippen molar-refractivity contribution >= 4 is 34.3 Å². The minimum Gasteiger partial charge on any atom is -0.481 e. The van der Waals surface area contributed by atoms with Crippen LogP contribution in [-0.2, 0) is 16.6 Å². The molecule has 8 nitrogen and oxygen atoms in total. The van der Waals surface area contributed by atoms with E-state index in [-0.39, 0.29) is 23.6 Å². The number of benzene rings is 1. The van der Waals surface area contributed by atoms with E-state index in [1.54, 1.807) is 11.3 Å². The molecule has 0 radical (unpaired) electrons. The number of anilines is 2. The molecule has 0 saturated heterocycles. The molecular formula is C17H20N4O4S. The van der Waals surface area contributed by atoms with Gasteiger partial charge in [-0.15, -0.1) is 11.3 Å². The fraction of sp³-hybridized carbons (Fsp3) is 0.412. The standard InChI is InChI=1S/C17H20N4O4S/c1-17(2,3)16-19-10(9-26-16)4-5-18-11-6-12-14(7-13(11)21(23)24)25-8-15(22)20-12/h6-7,9,18H,4-5,8H2,1-3H3,(H,20,22). The van der Waals surface area contributed by atoms with Gasteiger partial charge in [0.25, 0.3) is 11.6 Å². The van der Waals surface area contributed by atoms with Gasteiger partial charge in [0.2, 0.25) is 0 Å². The summed E-state index contributed by atoms with van der Waals surface area (Å²) in [6.07, 6.45) is 0.643. The maximum atomic E-state index is 11.4. The van der Waals surface area contributed by atoms with Gasteiger partial charge in [0.05, 0.1) is 27.4 Å². The van der Waals surface area contributed by atoms with Crippen molar-refractivity contribution in [2.45, 2.75) is 32.6 Å². The van der Waals surface area contributed by atoms with Crippen molar-refractivity contribution in [2.75, 3.05) is 23.8 Å². The Morgan fingerprint density at radius 2 is 2.19 bits per heavy atom. The molecular weight excluding hydrogens is 356 g/mol. The molecule has 0 fully saturated rings. The molecule has 1 amide bonds. The Labute approximate surface area is 154 Å². The molecule has 3 rings (SSSR count). The molecule has 2 N–H and O–H groups in total. The monoisotopic (exact) mass is 376 g/mol. The second-order valence-corrected chi connectivity index (χ2v) is 7.89. The van der Waals surface area contributed by atoms with Crippen molar-refractivity contribution in [3.8, 4) is 5.75 Å². The van der Waals surface area contributed by atoms with E-state index in [0.717, 1.165) is 10.7 Å². The summed E-state index contributed by atoms with van der Waals surface area (Å²) in [7, 11) is 0. The van der Waals surface area contributed by atoms with E-state index in [0.29, 0.717) is 30.1 Å². The van der Waals surface area contributed by atoms with Gasteiger partial charge >= 0.3 is 0 Å². The van der Waals surface area contributed by atoms with Crippen LogP contribution in [0, 0.1) is 10.1 Å². The Bertz CT molecular complexity index is 857. The number of ether oxygens (including phenoxy) is 1. The zero-order valence-corrected chi connectivity index (χ0v) is 15.6. The highest BCUT2D eigenvalue weighted by molar-refractivity contribution is 7.09. The average Bonchev–Trinajstić information content (AvgIpc) is 3.03. The number of nitro groups is 1. The summed E-state index contributed by atoms with van der Waals surface area (Å²) in [6.45, 7) is 6.68. The van der Waals surface area contributed by atoms with Crippen LogP contribution in [0.2, 0.25) is 0 Å². The molecule has 0 atom stereocenters. The fourth-order valence-electron chi connectivity index (χ4n) is 2.50. The second-order valence-electron chi connectivity index (χ2n) is 7.03. The first-order chi connectivity index (χ1) is 12.2. The largest absolute Gasteiger partial charge is 0.481 e. The number of carbonyl (C=O) groups excluding carboxylic acids is 1. The molecule has 9 heteroatoms. The second kappa shape index (κ2) is 6.91. The number of nitrogens with zero attached hydrogens (tertiary/aromatic N) is 2. The lowest BCUT2D eigenvalue weighted by molar-refractivity contribution is -0.384. The van der Waals surface area contributed by atoms with E-state index < -0.39 is 4.92 Å². The first-order valence-corrected chi connectivity index (χ1v) is 9.06. The van der Waals surface area contributed by atoms with E-state index in [1.807, 2.05) is 5.38 Å². The zero-order valence-electron chi connectivity index (χ0n) is 14.8. The molecule has 1 aliphatic heterocycles. The van der Waals surface area contributed by atoms with Gasteiger partial charge in [0, 0.05) is 23.8 Å². The molecule has 2 aromatic rings. The van der Waals surface area contributed by atoms with Crippen molar-refractivity contribution in [2.24, 2.45) is 0 Å². The molecule has 0 aliphatic carbocycles. The molecule has 1 aromatic carbocycles. The SMILES string of the molecule is CC(C)(C)c1nc(CCNc2cc3c(cc2[N+](=O)[O-])OCC(=O)N3)cs1. The predicted molar refractivity (Wildman–Crippen MR) is 100 cm³/mol. The molecule has 0 unspecified atom stereocenters. The lowest BCUT2D eigenvalue weighted by Crippen LogP contribution is -2.25. The van der Waals surface area contributed by atoms with Gasteiger partial charge in [0.1, 0.15) is 5.69 Å². The number of hydrogen-bond donors (Lipinski definition) is 2. The third-order valence-corrected chi connectivity index (χ3v) is 5.13. The predicted octanol–water partition coefficient (Wildman–Crippen LogP) is 3.33. The number of nitrogens with one attached hydrogen (secondary N) is 2. The lowest BCUT2D eigenvalue weighted by atomic mass is 9.98. The minimum atomic E-state index is -0.469. The van der Waals surface area contributed by atoms with Crippen LogP contribution < -0.4 is 15.4 Å². The van der Waals surface area contributed by atoms with Crippen molar-refractivity contribution in [1.29, 1.82) is 0 Å². The topological polar surface area (TPSA) is 106 Å². The number of amides is 1. The van der Waals surface area contributed by atoms with Gasteiger partial charge < -0.3 is 15.4 Å². The molecule has 2 heterocycles. The summed E-state index contributed by atoms with van der Waals surface area (Å²) in [5.41, 5.74) is 1.63. The Balaban J connectivity index is 1.72. The molecule has 1 aliphatic rings. The van der Waals surface area contributed by atoms with E-state index in [1.165, 1.54) is 12.1 Å². The maximum absolute atomic E-state index is 11.4. The summed E-state index contributed by atoms with van der Waals surface area (Å²) < 4.78 is 5.24. The Kier molecular flexibility index (Phi) is 4.82. The molecule has 1 aromatic heterocycles. The van der Waals surface area contributed by atoms with Crippen LogP contribution >= 0.6 is 11.3 Å². The normalized spacial score (nSPS) is 13.6. The molecule has 26 heavy (non-hydrogen) atoms. The third-order valence-electron chi connectivity index (χ3n) is 3.82. The van der Waals surface area contributed by atoms with Crippen LogP contribution in [0.15, 0.2) is 17.5 Å². The van der Waals surface area contributed by atoms with Crippen LogP contribution in [0.1, 0.15) is 31.5 Å². The number of thiazole rings is 1. The first-order valence-electron chi connectivity index (χ1n) is 8.18. The van der Waals surface area contributed by atoms with Crippen LogP contribution in [0.5, 0.6) is 5.75 Å². The highest BCUT2D eigenvalue weighted by Gasteiger charge is 2.24. The number of aromatic nitrogens is 1. The van der Waals surface area contributed by atoms with E-state index in [9.17, 15) is 14.9 Å². The summed E-state index contributed by atoms with van der Waals surface area (Å²) in [6, 6.07) is 2.86. The average molecular weight is 376 g/mol. The van der Waals surface area contributed by atoms with E-state index in [4.69, 9.17) is 4.74 Å². The van der Waals surface area contributed by atoms with E-state index >= 15 is 0 Å². The van der Waals surface area contributed by atoms with Gasteiger partial charge in [-0.05, 0) is 6.07 Å². The number of carbonyl (C=O) groups is 1. The molecule has 0 saturated carbocycles. The number of rotatable bonds is 5. The zero-order chi connectivity index (χ0) is 18.9. The van der Waals surface area contributed by atoms with Crippen LogP contribution in [-0.4, -0.2) is 29.0 Å². The summed E-state index contributed by atoms with van der Waals surface area (Å²) in [5.74, 6) is 0.0191. The quantitative estimate of drug-likeness (QED) is 0.612. The maximum Gasteiger partial charge on any atom is 0.296 e. The summed E-state index contributed by atoms with van der Waals surface area (Å²) >= 11 is 1.62. The van der Waals surface area contributed by atoms with Crippen LogP contribution in [0.3, 0.4) is 0 Å². The van der Waals surface area contributed by atoms with E-state index in [2.05, 4.69) is 36.4 Å². The summed E-state index contributed by atoms with van der Waals surface area (Å²) in [5, 5.41) is 20.1. The number of fused-ring (bicyclic) bond motifs is 1. The molecule has 138 valence electrons. The Morgan fingerprint density at radius 3 is 2.85 bits per heavy atom. The molecule has 0 spiro atoms. The van der Waals surface area contributed by atoms with Gasteiger partial charge in [-0.25, -0.2) is 4.98 Å². The van der Waals surface area contributed by atoms with Gasteiger partial charge in [0.15, 0.2) is 12.4 Å². The van der Waals surface area contributed by atoms with Crippen LogP contribution in [0.4, 0.5) is 17.1 Å². The van der Waals surface area contributed by atoms with Crippen molar-refractivity contribution in [3.63, 3.8) is 0 Å². The number of hydrogen-bond acceptors (Lipinski definition) is 7. The van der Waals surface area contributed by atoms with Gasteiger partial charge in [-0.3, -0.25) is 14.9 Å². The van der Waals surface area contributed by atoms with Crippen molar-refractivity contribution < 1.29 is 14.5 Å². The first kappa shape index (κ1) is 18.1. The minimum absolute atomic E-state index is 0.00579. The van der Waals surface area contributed by atoms with Crippen LogP contribution in [0.25, 0.3) is 0 Å². The fourth-order valence-corrected chi connectivity index (χ4v) is 3.44. The van der Waals surface area contributed by atoms with Gasteiger partial charge in [-0.2, -0.15) is 0 Å².